The van der Waals surface area contributed by atoms with E-state index in [0.29, 0.717) is 36.3 Å². The Labute approximate surface area is 140 Å². The van der Waals surface area contributed by atoms with Crippen LogP contribution in [0.2, 0.25) is 0 Å². The molecule has 0 amide bonds. The lowest BCUT2D eigenvalue weighted by atomic mass is 9.77. The van der Waals surface area contributed by atoms with Crippen molar-refractivity contribution >= 4 is 5.78 Å². The lowest BCUT2D eigenvalue weighted by Gasteiger charge is -2.31. The van der Waals surface area contributed by atoms with Crippen LogP contribution in [-0.2, 0) is 4.79 Å². The topological polar surface area (TPSA) is 55.8 Å². The molecule has 0 saturated carbocycles. The molecule has 0 spiro atoms. The Hall–Kier alpha value is -2.75. The highest BCUT2D eigenvalue weighted by molar-refractivity contribution is 5.99. The number of hydrogen-bond acceptors (Lipinski definition) is 4. The van der Waals surface area contributed by atoms with Gasteiger partial charge in [0.2, 0.25) is 0 Å². The first-order valence-electron chi connectivity index (χ1n) is 8.09. The smallest absolute Gasteiger partial charge is 0.163 e. The molecule has 2 aromatic rings. The molecule has 1 aliphatic carbocycles. The number of hydrogen-bond donors (Lipinski definition) is 1. The van der Waals surface area contributed by atoms with Gasteiger partial charge in [-0.1, -0.05) is 18.2 Å². The fourth-order valence-electron chi connectivity index (χ4n) is 3.56. The largest absolute Gasteiger partial charge is 0.512 e. The molecule has 4 nitrogen and oxygen atoms in total. The number of ether oxygens (including phenoxy) is 2. The third-order valence-corrected chi connectivity index (χ3v) is 4.70. The standard InChI is InChI=1S/C20H18O4/c1-23-12-9-10-18-14(11-12)19(13-5-2-3-8-17(13)24-18)20-15(21)6-4-7-16(20)22/h2-3,5,8-11,19,21H,4,6-7H2,1H3/t19-/m0/s1. The third-order valence-electron chi connectivity index (χ3n) is 4.70. The van der Waals surface area contributed by atoms with E-state index in [1.165, 1.54) is 0 Å². The van der Waals surface area contributed by atoms with Crippen LogP contribution in [0.5, 0.6) is 17.2 Å². The molecule has 0 unspecified atom stereocenters. The molecule has 1 heterocycles. The second-order valence-corrected chi connectivity index (χ2v) is 6.11. The third kappa shape index (κ3) is 2.26. The summed E-state index contributed by atoms with van der Waals surface area (Å²) in [7, 11) is 1.61. The van der Waals surface area contributed by atoms with E-state index in [4.69, 9.17) is 9.47 Å². The lowest BCUT2D eigenvalue weighted by Crippen LogP contribution is -2.22. The summed E-state index contributed by atoms with van der Waals surface area (Å²) in [6, 6.07) is 13.2. The first kappa shape index (κ1) is 14.8. The molecule has 1 N–H and O–H groups in total. The molecule has 1 atom stereocenters. The predicted octanol–water partition coefficient (Wildman–Crippen LogP) is 4.50. The summed E-state index contributed by atoms with van der Waals surface area (Å²) < 4.78 is 11.3. The van der Waals surface area contributed by atoms with Crippen molar-refractivity contribution in [2.75, 3.05) is 7.11 Å². The van der Waals surface area contributed by atoms with E-state index in [1.807, 2.05) is 42.5 Å². The second kappa shape index (κ2) is 5.71. The van der Waals surface area contributed by atoms with Crippen LogP contribution < -0.4 is 9.47 Å². The number of ketones is 1. The fourth-order valence-corrected chi connectivity index (χ4v) is 3.56. The SMILES string of the molecule is COc1ccc2c(c1)[C@@H](C1=C(O)CCCC1=O)c1ccccc1O2. The highest BCUT2D eigenvalue weighted by atomic mass is 16.5. The van der Waals surface area contributed by atoms with Crippen molar-refractivity contribution in [1.82, 2.24) is 0 Å². The molecule has 24 heavy (non-hydrogen) atoms. The Kier molecular flexibility index (Phi) is 3.53. The molecule has 2 aromatic carbocycles. The van der Waals surface area contributed by atoms with E-state index in [0.717, 1.165) is 16.9 Å². The number of para-hydroxylation sites is 1. The minimum absolute atomic E-state index is 0.00854. The summed E-state index contributed by atoms with van der Waals surface area (Å²) >= 11 is 0. The zero-order chi connectivity index (χ0) is 16.7. The van der Waals surface area contributed by atoms with Crippen LogP contribution in [0.4, 0.5) is 0 Å². The molecular formula is C20H18O4. The van der Waals surface area contributed by atoms with Gasteiger partial charge in [-0.25, -0.2) is 0 Å². The molecule has 1 aliphatic heterocycles. The van der Waals surface area contributed by atoms with Gasteiger partial charge in [0, 0.05) is 35.5 Å². The van der Waals surface area contributed by atoms with Gasteiger partial charge in [0.15, 0.2) is 5.78 Å². The Balaban J connectivity index is 1.97. The average Bonchev–Trinajstić information content (AvgIpc) is 2.60. The van der Waals surface area contributed by atoms with Gasteiger partial charge < -0.3 is 14.6 Å². The summed E-state index contributed by atoms with van der Waals surface area (Å²) in [5.74, 6) is 1.99. The number of benzene rings is 2. The van der Waals surface area contributed by atoms with Gasteiger partial charge in [-0.2, -0.15) is 0 Å². The first-order chi connectivity index (χ1) is 11.7. The van der Waals surface area contributed by atoms with Crippen molar-refractivity contribution in [2.24, 2.45) is 0 Å². The zero-order valence-electron chi connectivity index (χ0n) is 13.4. The van der Waals surface area contributed by atoms with Gasteiger partial charge in [0.05, 0.1) is 12.9 Å². The summed E-state index contributed by atoms with van der Waals surface area (Å²) in [6.07, 6.45) is 1.71. The number of aliphatic hydroxyl groups excluding tert-OH is 1. The number of carbonyl (C=O) groups is 1. The molecule has 4 rings (SSSR count). The summed E-state index contributed by atoms with van der Waals surface area (Å²) in [5.41, 5.74) is 2.24. The van der Waals surface area contributed by atoms with Crippen molar-refractivity contribution in [3.63, 3.8) is 0 Å². The van der Waals surface area contributed by atoms with Gasteiger partial charge in [0.1, 0.15) is 17.2 Å². The maximum Gasteiger partial charge on any atom is 0.163 e. The van der Waals surface area contributed by atoms with E-state index in [-0.39, 0.29) is 17.5 Å². The van der Waals surface area contributed by atoms with Gasteiger partial charge in [-0.15, -0.1) is 0 Å². The number of rotatable bonds is 2. The van der Waals surface area contributed by atoms with Crippen molar-refractivity contribution in [3.05, 3.63) is 64.9 Å². The first-order valence-corrected chi connectivity index (χ1v) is 8.09. The number of methoxy groups -OCH3 is 1. The summed E-state index contributed by atoms with van der Waals surface area (Å²) in [6.45, 7) is 0. The van der Waals surface area contributed by atoms with Crippen LogP contribution in [0.3, 0.4) is 0 Å². The minimum atomic E-state index is -0.326. The number of Topliss-reactive ketones (excluding diaryl/α,β-unsaturated/α-hetero) is 1. The molecule has 0 bridgehead atoms. The summed E-state index contributed by atoms with van der Waals surface area (Å²) in [5, 5.41) is 10.5. The highest BCUT2D eigenvalue weighted by Crippen LogP contribution is 2.50. The second-order valence-electron chi connectivity index (χ2n) is 6.11. The van der Waals surface area contributed by atoms with Gasteiger partial charge in [-0.3, -0.25) is 4.79 Å². The molecule has 0 radical (unpaired) electrons. The maximum absolute atomic E-state index is 12.6. The van der Waals surface area contributed by atoms with Crippen molar-refractivity contribution in [2.45, 2.75) is 25.2 Å². The van der Waals surface area contributed by atoms with Crippen LogP contribution in [0, 0.1) is 0 Å². The lowest BCUT2D eigenvalue weighted by molar-refractivity contribution is -0.116. The van der Waals surface area contributed by atoms with E-state index < -0.39 is 0 Å². The Morgan fingerprint density at radius 3 is 2.67 bits per heavy atom. The number of aliphatic hydroxyl groups is 1. The monoisotopic (exact) mass is 322 g/mol. The summed E-state index contributed by atoms with van der Waals surface area (Å²) in [4.78, 5) is 12.6. The maximum atomic E-state index is 12.6. The van der Waals surface area contributed by atoms with Crippen LogP contribution in [0.25, 0.3) is 0 Å². The Morgan fingerprint density at radius 1 is 1.08 bits per heavy atom. The van der Waals surface area contributed by atoms with Crippen LogP contribution in [0.15, 0.2) is 53.8 Å². The Bertz CT molecular complexity index is 850. The number of fused-ring (bicyclic) bond motifs is 2. The predicted molar refractivity (Wildman–Crippen MR) is 89.9 cm³/mol. The van der Waals surface area contributed by atoms with Gasteiger partial charge in [0.25, 0.3) is 0 Å². The fraction of sp³-hybridized carbons (Fsp3) is 0.250. The van der Waals surface area contributed by atoms with E-state index in [2.05, 4.69) is 0 Å². The minimum Gasteiger partial charge on any atom is -0.512 e. The normalized spacial score (nSPS) is 19.4. The van der Waals surface area contributed by atoms with E-state index in [9.17, 15) is 9.90 Å². The zero-order valence-corrected chi connectivity index (χ0v) is 13.4. The van der Waals surface area contributed by atoms with Crippen LogP contribution in [-0.4, -0.2) is 18.0 Å². The highest BCUT2D eigenvalue weighted by Gasteiger charge is 2.36. The Morgan fingerprint density at radius 2 is 1.88 bits per heavy atom. The molecule has 0 fully saturated rings. The van der Waals surface area contributed by atoms with Crippen molar-refractivity contribution in [1.29, 1.82) is 0 Å². The molecule has 4 heteroatoms. The van der Waals surface area contributed by atoms with E-state index >= 15 is 0 Å². The molecule has 0 aromatic heterocycles. The van der Waals surface area contributed by atoms with Crippen LogP contribution >= 0.6 is 0 Å². The van der Waals surface area contributed by atoms with Gasteiger partial charge >= 0.3 is 0 Å². The molecule has 122 valence electrons. The van der Waals surface area contributed by atoms with Crippen molar-refractivity contribution < 1.29 is 19.4 Å². The van der Waals surface area contributed by atoms with Crippen LogP contribution in [0.1, 0.15) is 36.3 Å². The average molecular weight is 322 g/mol. The quantitative estimate of drug-likeness (QED) is 0.884. The van der Waals surface area contributed by atoms with E-state index in [1.54, 1.807) is 7.11 Å². The molecule has 2 aliphatic rings. The number of allylic oxidation sites excluding steroid dienone is 2. The molecule has 0 saturated heterocycles. The number of carbonyl (C=O) groups excluding carboxylic acids is 1. The van der Waals surface area contributed by atoms with Crippen molar-refractivity contribution in [3.8, 4) is 17.2 Å². The van der Waals surface area contributed by atoms with Gasteiger partial charge in [-0.05, 0) is 30.7 Å². The molecular weight excluding hydrogens is 304 g/mol.